The van der Waals surface area contributed by atoms with Crippen LogP contribution >= 0.6 is 12.2 Å². The molecule has 1 unspecified atom stereocenters. The van der Waals surface area contributed by atoms with E-state index in [9.17, 15) is 4.79 Å². The van der Waals surface area contributed by atoms with Gasteiger partial charge in [0.1, 0.15) is 5.57 Å². The third-order valence-corrected chi connectivity index (χ3v) is 5.49. The molecule has 146 valence electrons. The molecule has 0 amide bonds. The summed E-state index contributed by atoms with van der Waals surface area (Å²) in [4.78, 5) is 13.0. The highest BCUT2D eigenvalue weighted by Crippen LogP contribution is 2.50. The average Bonchev–Trinajstić information content (AvgIpc) is 3.10. The van der Waals surface area contributed by atoms with Gasteiger partial charge in [0.15, 0.2) is 11.4 Å². The van der Waals surface area contributed by atoms with E-state index in [-0.39, 0.29) is 17.3 Å². The van der Waals surface area contributed by atoms with Crippen molar-refractivity contribution in [3.8, 4) is 0 Å². The van der Waals surface area contributed by atoms with Crippen molar-refractivity contribution in [2.45, 2.75) is 58.7 Å². The Balaban J connectivity index is 2.15. The van der Waals surface area contributed by atoms with Gasteiger partial charge < -0.3 is 18.9 Å². The number of ether oxygens (including phenoxy) is 4. The lowest BCUT2D eigenvalue weighted by Gasteiger charge is -2.25. The Labute approximate surface area is 165 Å². The number of hydrogen-bond acceptors (Lipinski definition) is 6. The Morgan fingerprint density at radius 3 is 2.56 bits per heavy atom. The average molecular weight is 391 g/mol. The van der Waals surface area contributed by atoms with Gasteiger partial charge in [-0.2, -0.15) is 0 Å². The number of rotatable bonds is 4. The molecule has 2 atom stereocenters. The Bertz CT molecular complexity index is 790. The van der Waals surface area contributed by atoms with Crippen molar-refractivity contribution in [2.24, 2.45) is 0 Å². The molecule has 5 nitrogen and oxygen atoms in total. The largest absolute Gasteiger partial charge is 0.460 e. The molecule has 3 rings (SSSR count). The van der Waals surface area contributed by atoms with E-state index in [1.165, 1.54) is 7.11 Å². The zero-order valence-corrected chi connectivity index (χ0v) is 17.3. The van der Waals surface area contributed by atoms with Crippen LogP contribution < -0.4 is 0 Å². The minimum atomic E-state index is -0.849. The molecule has 2 aliphatic rings. The van der Waals surface area contributed by atoms with Gasteiger partial charge in [-0.25, -0.2) is 4.79 Å². The second-order valence-electron chi connectivity index (χ2n) is 7.24. The van der Waals surface area contributed by atoms with Crippen LogP contribution in [0.15, 0.2) is 17.9 Å². The molecule has 1 heterocycles. The summed E-state index contributed by atoms with van der Waals surface area (Å²) in [7, 11) is 1.45. The number of aryl methyl sites for hydroxylation is 3. The number of carbonyl (C=O) groups excluding carboxylic acids is 1. The molecule has 0 saturated heterocycles. The van der Waals surface area contributed by atoms with Crippen molar-refractivity contribution >= 4 is 29.0 Å². The number of esters is 1. The first-order valence-corrected chi connectivity index (χ1v) is 9.66. The van der Waals surface area contributed by atoms with Gasteiger partial charge in [0.2, 0.25) is 0 Å². The monoisotopic (exact) mass is 390 g/mol. The zero-order valence-electron chi connectivity index (χ0n) is 16.5. The van der Waals surface area contributed by atoms with E-state index in [2.05, 4.69) is 12.1 Å². The summed E-state index contributed by atoms with van der Waals surface area (Å²) in [6, 6.07) is 4.11. The van der Waals surface area contributed by atoms with Gasteiger partial charge >= 0.3 is 11.2 Å². The smallest absolute Gasteiger partial charge is 0.357 e. The van der Waals surface area contributed by atoms with Crippen LogP contribution in [0.3, 0.4) is 0 Å². The maximum Gasteiger partial charge on any atom is 0.357 e. The molecule has 1 spiro atoms. The highest BCUT2D eigenvalue weighted by Gasteiger charge is 2.55. The predicted octanol–water partition coefficient (Wildman–Crippen LogP) is 4.16. The van der Waals surface area contributed by atoms with E-state index in [0.29, 0.717) is 30.8 Å². The number of carbonyl (C=O) groups is 1. The van der Waals surface area contributed by atoms with Gasteiger partial charge in [-0.3, -0.25) is 0 Å². The number of thiocarbonyl (C=S) groups is 1. The maximum absolute atomic E-state index is 13.0. The quantitative estimate of drug-likeness (QED) is 0.568. The molecular formula is C21H26O5S. The summed E-state index contributed by atoms with van der Waals surface area (Å²) in [6.07, 6.45) is 2.02. The fourth-order valence-electron chi connectivity index (χ4n) is 4.30. The zero-order chi connectivity index (χ0) is 19.8. The van der Waals surface area contributed by atoms with Crippen LogP contribution in [0.2, 0.25) is 0 Å². The van der Waals surface area contributed by atoms with Gasteiger partial charge in [0, 0.05) is 25.2 Å². The molecule has 1 fully saturated rings. The van der Waals surface area contributed by atoms with Crippen molar-refractivity contribution in [3.05, 3.63) is 40.1 Å². The molecule has 0 bridgehead atoms. The molecule has 6 heteroatoms. The second kappa shape index (κ2) is 7.60. The highest BCUT2D eigenvalue weighted by atomic mass is 32.1. The SMILES string of the molecule is CCO[C@@H]1CCC2(C1)OC(=O)C(c1c(C)cc(C)cc1C)=C2OC(=S)OC. The lowest BCUT2D eigenvalue weighted by Crippen LogP contribution is -2.32. The van der Waals surface area contributed by atoms with Crippen molar-refractivity contribution in [1.29, 1.82) is 0 Å². The van der Waals surface area contributed by atoms with E-state index in [4.69, 9.17) is 31.2 Å². The molecule has 1 aliphatic carbocycles. The highest BCUT2D eigenvalue weighted by molar-refractivity contribution is 7.79. The fraction of sp³-hybridized carbons (Fsp3) is 0.524. The van der Waals surface area contributed by atoms with Crippen LogP contribution in [0, 0.1) is 20.8 Å². The molecule has 1 saturated carbocycles. The molecule has 0 radical (unpaired) electrons. The topological polar surface area (TPSA) is 54.0 Å². The van der Waals surface area contributed by atoms with E-state index >= 15 is 0 Å². The molecule has 1 aromatic rings. The third-order valence-electron chi connectivity index (χ3n) is 5.24. The van der Waals surface area contributed by atoms with E-state index < -0.39 is 5.60 Å². The lowest BCUT2D eigenvalue weighted by molar-refractivity contribution is -0.146. The summed E-state index contributed by atoms with van der Waals surface area (Å²) in [5.74, 6) is 0.0766. The van der Waals surface area contributed by atoms with Crippen molar-refractivity contribution in [3.63, 3.8) is 0 Å². The van der Waals surface area contributed by atoms with Crippen LogP contribution in [0.4, 0.5) is 0 Å². The Kier molecular flexibility index (Phi) is 5.58. The van der Waals surface area contributed by atoms with Crippen LogP contribution in [0.25, 0.3) is 5.57 Å². The first-order chi connectivity index (χ1) is 12.8. The van der Waals surface area contributed by atoms with E-state index in [1.54, 1.807) is 0 Å². The molecule has 1 aliphatic heterocycles. The second-order valence-corrected chi connectivity index (χ2v) is 7.57. The summed E-state index contributed by atoms with van der Waals surface area (Å²) in [6.45, 7) is 8.60. The predicted molar refractivity (Wildman–Crippen MR) is 106 cm³/mol. The van der Waals surface area contributed by atoms with Crippen LogP contribution in [-0.2, 0) is 23.7 Å². The van der Waals surface area contributed by atoms with Crippen molar-refractivity contribution in [2.75, 3.05) is 13.7 Å². The molecule has 27 heavy (non-hydrogen) atoms. The van der Waals surface area contributed by atoms with E-state index in [0.717, 1.165) is 28.7 Å². The first kappa shape index (κ1) is 19.8. The van der Waals surface area contributed by atoms with Gasteiger partial charge in [-0.15, -0.1) is 0 Å². The molecule has 1 aromatic carbocycles. The Morgan fingerprint density at radius 2 is 1.96 bits per heavy atom. The summed E-state index contributed by atoms with van der Waals surface area (Å²) in [5.41, 5.74) is 3.58. The molecule has 0 aromatic heterocycles. The third kappa shape index (κ3) is 3.60. The summed E-state index contributed by atoms with van der Waals surface area (Å²) in [5, 5.41) is -0.0255. The van der Waals surface area contributed by atoms with Crippen LogP contribution in [0.5, 0.6) is 0 Å². The number of methoxy groups -OCH3 is 1. The number of benzene rings is 1. The van der Waals surface area contributed by atoms with Gasteiger partial charge in [0.05, 0.1) is 13.2 Å². The maximum atomic E-state index is 13.0. The molecular weight excluding hydrogens is 364 g/mol. The minimum absolute atomic E-state index is 0.0251. The van der Waals surface area contributed by atoms with Gasteiger partial charge in [0.25, 0.3) is 0 Å². The lowest BCUT2D eigenvalue weighted by atomic mass is 9.90. The number of hydrogen-bond donors (Lipinski definition) is 0. The van der Waals surface area contributed by atoms with E-state index in [1.807, 2.05) is 27.7 Å². The summed E-state index contributed by atoms with van der Waals surface area (Å²) < 4.78 is 22.6. The Hall–Kier alpha value is -1.92. The van der Waals surface area contributed by atoms with Crippen molar-refractivity contribution < 1.29 is 23.7 Å². The van der Waals surface area contributed by atoms with Crippen LogP contribution in [0.1, 0.15) is 48.4 Å². The summed E-state index contributed by atoms with van der Waals surface area (Å²) >= 11 is 5.14. The fourth-order valence-corrected chi connectivity index (χ4v) is 4.38. The van der Waals surface area contributed by atoms with Gasteiger partial charge in [-0.05, 0) is 57.2 Å². The van der Waals surface area contributed by atoms with Crippen LogP contribution in [-0.4, -0.2) is 36.6 Å². The minimum Gasteiger partial charge on any atom is -0.460 e. The normalized spacial score (nSPS) is 24.5. The standard InChI is InChI=1S/C21H26O5S/c1-6-24-15-7-8-21(11-15)18(25-20(27)23-5)17(19(22)26-21)16-13(3)9-12(2)10-14(16)4/h9-10,15H,6-8,11H2,1-5H3/t15-,21?/m1/s1. The Morgan fingerprint density at radius 1 is 1.30 bits per heavy atom. The van der Waals surface area contributed by atoms with Gasteiger partial charge in [-0.1, -0.05) is 17.7 Å². The first-order valence-electron chi connectivity index (χ1n) is 9.25. The molecule has 0 N–H and O–H groups in total. The van der Waals surface area contributed by atoms with Crippen molar-refractivity contribution in [1.82, 2.24) is 0 Å².